The Labute approximate surface area is 236 Å². The summed E-state index contributed by atoms with van der Waals surface area (Å²) in [5, 5.41) is 0.590. The van der Waals surface area contributed by atoms with Gasteiger partial charge in [-0.15, -0.1) is 0 Å². The van der Waals surface area contributed by atoms with E-state index in [-0.39, 0.29) is 17.8 Å². The third-order valence-electron chi connectivity index (χ3n) is 7.72. The summed E-state index contributed by atoms with van der Waals surface area (Å²) in [6, 6.07) is 12.2. The van der Waals surface area contributed by atoms with Crippen LogP contribution in [0, 0.1) is 11.8 Å². The molecule has 0 spiro atoms. The van der Waals surface area contributed by atoms with Crippen molar-refractivity contribution in [2.24, 2.45) is 17.6 Å². The maximum Gasteiger partial charge on any atom is 0.309 e. The van der Waals surface area contributed by atoms with Crippen molar-refractivity contribution in [1.82, 2.24) is 4.90 Å². The lowest BCUT2D eigenvalue weighted by Crippen LogP contribution is -2.51. The second-order valence-corrected chi connectivity index (χ2v) is 11.1. The molecule has 0 bridgehead atoms. The molecule has 1 heterocycles. The second kappa shape index (κ2) is 13.8. The van der Waals surface area contributed by atoms with Gasteiger partial charge in [0.1, 0.15) is 17.5 Å². The summed E-state index contributed by atoms with van der Waals surface area (Å²) in [7, 11) is 0. The predicted octanol–water partition coefficient (Wildman–Crippen LogP) is 6.19. The van der Waals surface area contributed by atoms with Gasteiger partial charge in [0.05, 0.1) is 12.5 Å². The molecule has 1 aliphatic carbocycles. The molecule has 2 aliphatic rings. The summed E-state index contributed by atoms with van der Waals surface area (Å²) < 4.78 is 11.0. The van der Waals surface area contributed by atoms with Crippen LogP contribution in [0.25, 0.3) is 0 Å². The number of nitrogens with zero attached hydrogens (tertiary/aromatic N) is 1. The monoisotopic (exact) mass is 554 g/mol. The van der Waals surface area contributed by atoms with Crippen molar-refractivity contribution in [3.8, 4) is 11.5 Å². The maximum atomic E-state index is 13.1. The Hall–Kier alpha value is -3.06. The Morgan fingerprint density at radius 2 is 1.72 bits per heavy atom. The molecule has 8 heteroatoms. The van der Waals surface area contributed by atoms with Crippen LogP contribution in [0.4, 0.5) is 0 Å². The second-order valence-electron chi connectivity index (χ2n) is 10.6. The van der Waals surface area contributed by atoms with Gasteiger partial charge in [-0.3, -0.25) is 14.4 Å². The largest absolute Gasteiger partial charge is 0.466 e. The van der Waals surface area contributed by atoms with Crippen LogP contribution in [0.1, 0.15) is 75.8 Å². The van der Waals surface area contributed by atoms with E-state index in [0.717, 1.165) is 62.5 Å². The molecular formula is C31H39ClN2O5. The molecule has 39 heavy (non-hydrogen) atoms. The van der Waals surface area contributed by atoms with Crippen LogP contribution >= 0.6 is 11.6 Å². The molecule has 2 aromatic rings. The summed E-state index contributed by atoms with van der Waals surface area (Å²) in [4.78, 5) is 38.7. The number of ether oxygens (including phenoxy) is 2. The topological polar surface area (TPSA) is 98.9 Å². The Balaban J connectivity index is 1.18. The lowest BCUT2D eigenvalue weighted by Gasteiger charge is -2.35. The van der Waals surface area contributed by atoms with Gasteiger partial charge in [-0.2, -0.15) is 0 Å². The first-order chi connectivity index (χ1) is 18.9. The van der Waals surface area contributed by atoms with E-state index >= 15 is 0 Å². The van der Waals surface area contributed by atoms with E-state index in [1.807, 2.05) is 37.3 Å². The molecule has 1 aliphatic heterocycles. The average molecular weight is 555 g/mol. The van der Waals surface area contributed by atoms with Crippen molar-refractivity contribution in [1.29, 1.82) is 0 Å². The zero-order valence-corrected chi connectivity index (χ0v) is 23.5. The van der Waals surface area contributed by atoms with Gasteiger partial charge in [-0.1, -0.05) is 55.8 Å². The number of benzene rings is 2. The highest BCUT2D eigenvalue weighted by Crippen LogP contribution is 2.43. The van der Waals surface area contributed by atoms with Crippen LogP contribution in [0.3, 0.4) is 0 Å². The van der Waals surface area contributed by atoms with Gasteiger partial charge in [-0.25, -0.2) is 0 Å². The highest BCUT2D eigenvalue weighted by molar-refractivity contribution is 6.30. The Kier molecular flexibility index (Phi) is 10.3. The predicted molar refractivity (Wildman–Crippen MR) is 150 cm³/mol. The molecule has 1 saturated carbocycles. The third kappa shape index (κ3) is 8.21. The number of amides is 2. The molecule has 0 radical (unpaired) electrons. The summed E-state index contributed by atoms with van der Waals surface area (Å²) in [5.74, 6) is 1.37. The van der Waals surface area contributed by atoms with E-state index in [1.165, 1.54) is 0 Å². The Morgan fingerprint density at radius 1 is 0.974 bits per heavy atom. The number of carbonyl (C=O) groups is 3. The molecular weight excluding hydrogens is 516 g/mol. The van der Waals surface area contributed by atoms with E-state index in [0.29, 0.717) is 48.4 Å². The first kappa shape index (κ1) is 28.9. The number of fused-ring (bicyclic) bond motifs is 1. The lowest BCUT2D eigenvalue weighted by molar-refractivity contribution is -0.145. The molecule has 3 atom stereocenters. The van der Waals surface area contributed by atoms with Crippen LogP contribution in [-0.2, 0) is 32.1 Å². The Morgan fingerprint density at radius 3 is 2.46 bits per heavy atom. The fourth-order valence-corrected chi connectivity index (χ4v) is 5.62. The van der Waals surface area contributed by atoms with Crippen molar-refractivity contribution >= 4 is 29.4 Å². The van der Waals surface area contributed by atoms with Gasteiger partial charge in [0.25, 0.3) is 0 Å². The molecule has 7 nitrogen and oxygen atoms in total. The van der Waals surface area contributed by atoms with E-state index < -0.39 is 11.9 Å². The number of hydrogen-bond donors (Lipinski definition) is 1. The first-order valence-corrected chi connectivity index (χ1v) is 14.5. The van der Waals surface area contributed by atoms with Crippen LogP contribution in [-0.4, -0.2) is 35.3 Å². The molecule has 4 rings (SSSR count). The minimum atomic E-state index is -0.660. The minimum absolute atomic E-state index is 0.0255. The van der Waals surface area contributed by atoms with Crippen LogP contribution in [0.2, 0.25) is 5.02 Å². The van der Waals surface area contributed by atoms with Crippen LogP contribution in [0.5, 0.6) is 11.5 Å². The number of primary amides is 1. The molecule has 1 unspecified atom stereocenters. The highest BCUT2D eigenvalue weighted by Gasteiger charge is 2.43. The summed E-state index contributed by atoms with van der Waals surface area (Å²) >= 11 is 6.05. The smallest absolute Gasteiger partial charge is 0.309 e. The zero-order chi connectivity index (χ0) is 27.8. The minimum Gasteiger partial charge on any atom is -0.466 e. The molecule has 1 fully saturated rings. The van der Waals surface area contributed by atoms with Crippen molar-refractivity contribution in [3.63, 3.8) is 0 Å². The molecule has 2 aromatic carbocycles. The maximum absolute atomic E-state index is 13.1. The SMILES string of the molecule is CCOC(=O)[C@H]1C[C@H]1CCCCCCCCC(=O)N1Cc2ccc(Oc3cccc(Cl)c3)cc2CC1C(N)=O. The average Bonchev–Trinajstić information content (AvgIpc) is 3.69. The van der Waals surface area contributed by atoms with Crippen LogP contribution in [0.15, 0.2) is 42.5 Å². The van der Waals surface area contributed by atoms with Gasteiger partial charge in [0.2, 0.25) is 11.8 Å². The number of unbranched alkanes of at least 4 members (excludes halogenated alkanes) is 5. The van der Waals surface area contributed by atoms with Crippen LogP contribution < -0.4 is 10.5 Å². The van der Waals surface area contributed by atoms with Crippen molar-refractivity contribution in [2.45, 2.75) is 83.7 Å². The van der Waals surface area contributed by atoms with Gasteiger partial charge in [0.15, 0.2) is 0 Å². The molecule has 2 N–H and O–H groups in total. The number of halogens is 1. The number of nitrogens with two attached hydrogens (primary N) is 1. The fourth-order valence-electron chi connectivity index (χ4n) is 5.44. The third-order valence-corrected chi connectivity index (χ3v) is 7.95. The standard InChI is InChI=1S/C31H39ClN2O5/c1-2-38-31(37)27-17-21(27)10-7-5-3-4-6-8-13-29(35)34-20-22-14-15-26(16-23(22)18-28(34)30(33)36)39-25-12-9-11-24(32)19-25/h9,11-12,14-16,19,21,27-28H,2-8,10,13,17-18,20H2,1H3,(H2,33,36)/t21-,27+,28?/m1/s1. The quantitative estimate of drug-likeness (QED) is 0.222. The van der Waals surface area contributed by atoms with Crippen molar-refractivity contribution < 1.29 is 23.9 Å². The lowest BCUT2D eigenvalue weighted by atomic mass is 9.92. The normalized spacial score (nSPS) is 19.7. The van der Waals surface area contributed by atoms with Gasteiger partial charge < -0.3 is 20.1 Å². The van der Waals surface area contributed by atoms with Gasteiger partial charge in [-0.05, 0) is 73.6 Å². The molecule has 2 amide bonds. The van der Waals surface area contributed by atoms with Crippen molar-refractivity contribution in [2.75, 3.05) is 6.61 Å². The van der Waals surface area contributed by atoms with E-state index in [4.69, 9.17) is 26.8 Å². The summed E-state index contributed by atoms with van der Waals surface area (Å²) in [5.41, 5.74) is 7.68. The first-order valence-electron chi connectivity index (χ1n) is 14.2. The molecule has 0 aromatic heterocycles. The number of rotatable bonds is 14. The Bertz CT molecular complexity index is 1170. The number of hydrogen-bond acceptors (Lipinski definition) is 5. The van der Waals surface area contributed by atoms with E-state index in [2.05, 4.69) is 0 Å². The fraction of sp³-hybridized carbons (Fsp3) is 0.516. The highest BCUT2D eigenvalue weighted by atomic mass is 35.5. The summed E-state index contributed by atoms with van der Waals surface area (Å²) in [6.07, 6.45) is 9.15. The summed E-state index contributed by atoms with van der Waals surface area (Å²) in [6.45, 7) is 2.67. The van der Waals surface area contributed by atoms with Gasteiger partial charge >= 0.3 is 5.97 Å². The van der Waals surface area contributed by atoms with Gasteiger partial charge in [0, 0.05) is 24.4 Å². The number of esters is 1. The van der Waals surface area contributed by atoms with Crippen molar-refractivity contribution in [3.05, 3.63) is 58.6 Å². The van der Waals surface area contributed by atoms with E-state index in [9.17, 15) is 14.4 Å². The number of carbonyl (C=O) groups excluding carboxylic acids is 3. The molecule has 210 valence electrons. The molecule has 0 saturated heterocycles. The van der Waals surface area contributed by atoms with E-state index in [1.54, 1.807) is 17.0 Å². The zero-order valence-electron chi connectivity index (χ0n) is 22.7.